The monoisotopic (exact) mass is 483 g/mol. The number of hydrogen-bond acceptors (Lipinski definition) is 6. The summed E-state index contributed by atoms with van der Waals surface area (Å²) < 4.78 is 0. The summed E-state index contributed by atoms with van der Waals surface area (Å²) in [6.07, 6.45) is 2.74. The highest BCUT2D eigenvalue weighted by atomic mass is 32.1. The van der Waals surface area contributed by atoms with Gasteiger partial charge in [0.25, 0.3) is 11.8 Å². The van der Waals surface area contributed by atoms with E-state index >= 15 is 0 Å². The number of carbonyl (C=O) groups is 2. The average molecular weight is 484 g/mol. The molecule has 1 aliphatic carbocycles. The number of likely N-dealkylation sites (tertiary alicyclic amines) is 1. The van der Waals surface area contributed by atoms with Crippen LogP contribution < -0.4 is 11.1 Å². The Morgan fingerprint density at radius 3 is 2.86 bits per heavy atom. The molecule has 2 aromatic heterocycles. The molecule has 2 aromatic carbocycles. The molecular formula is C27H25N5O2S. The maximum Gasteiger partial charge on any atom is 0.274 e. The second kappa shape index (κ2) is 8.46. The topological polar surface area (TPSA) is 101 Å². The maximum absolute atomic E-state index is 13.7. The molecule has 35 heavy (non-hydrogen) atoms. The molecule has 3 N–H and O–H groups in total. The fraction of sp³-hybridized carbons (Fsp3) is 0.259. The van der Waals surface area contributed by atoms with Crippen molar-refractivity contribution in [3.05, 3.63) is 77.7 Å². The molecule has 0 bridgehead atoms. The van der Waals surface area contributed by atoms with Gasteiger partial charge < -0.3 is 16.0 Å². The smallest absolute Gasteiger partial charge is 0.274 e. The third-order valence-corrected chi connectivity index (χ3v) is 7.98. The first-order valence-electron chi connectivity index (χ1n) is 11.8. The van der Waals surface area contributed by atoms with Crippen molar-refractivity contribution in [2.24, 2.45) is 11.8 Å². The van der Waals surface area contributed by atoms with Crippen LogP contribution in [0.3, 0.4) is 0 Å². The Balaban J connectivity index is 1.23. The summed E-state index contributed by atoms with van der Waals surface area (Å²) in [5.41, 5.74) is 8.89. The molecule has 4 aromatic rings. The molecule has 0 unspecified atom stereocenters. The number of piperidine rings is 1. The zero-order valence-electron chi connectivity index (χ0n) is 19.3. The number of nitrogen functional groups attached to an aromatic ring is 1. The van der Waals surface area contributed by atoms with Gasteiger partial charge >= 0.3 is 0 Å². The minimum Gasteiger partial charge on any atom is -0.375 e. The summed E-state index contributed by atoms with van der Waals surface area (Å²) in [7, 11) is 0. The molecule has 2 aliphatic rings. The van der Waals surface area contributed by atoms with E-state index in [9.17, 15) is 9.59 Å². The molecule has 3 atom stereocenters. The van der Waals surface area contributed by atoms with E-state index in [-0.39, 0.29) is 17.9 Å². The first-order chi connectivity index (χ1) is 17.0. The first-order valence-corrected chi connectivity index (χ1v) is 12.6. The second-order valence-corrected chi connectivity index (χ2v) is 10.4. The fourth-order valence-corrected chi connectivity index (χ4v) is 6.07. The van der Waals surface area contributed by atoms with Gasteiger partial charge in [0.15, 0.2) is 5.13 Å². The van der Waals surface area contributed by atoms with Crippen molar-refractivity contribution in [2.45, 2.75) is 19.4 Å². The second-order valence-electron chi connectivity index (χ2n) is 9.37. The SMILES string of the molecule is Cc1cccc(-c2sc(N)nc2C(=O)N2C[C@H]3C[C@H]3[C@H]2CNC(=O)c2nccc3ccccc23)c1. The number of nitrogens with zero attached hydrogens (tertiary/aromatic N) is 3. The van der Waals surface area contributed by atoms with E-state index in [1.54, 1.807) is 6.20 Å². The van der Waals surface area contributed by atoms with Crippen molar-refractivity contribution in [1.82, 2.24) is 20.2 Å². The van der Waals surface area contributed by atoms with Crippen molar-refractivity contribution >= 4 is 39.1 Å². The molecule has 0 spiro atoms. The Hall–Kier alpha value is -3.78. The summed E-state index contributed by atoms with van der Waals surface area (Å²) in [5.74, 6) is 0.536. The van der Waals surface area contributed by atoms with Crippen LogP contribution in [0.25, 0.3) is 21.2 Å². The number of rotatable bonds is 5. The van der Waals surface area contributed by atoms with E-state index < -0.39 is 0 Å². The van der Waals surface area contributed by atoms with Crippen molar-refractivity contribution in [3.63, 3.8) is 0 Å². The lowest BCUT2D eigenvalue weighted by Crippen LogP contribution is -2.46. The van der Waals surface area contributed by atoms with Gasteiger partial charge in [0.05, 0.1) is 10.9 Å². The van der Waals surface area contributed by atoms with Gasteiger partial charge in [-0.3, -0.25) is 14.6 Å². The number of fused-ring (bicyclic) bond motifs is 2. The highest BCUT2D eigenvalue weighted by molar-refractivity contribution is 7.19. The van der Waals surface area contributed by atoms with E-state index in [1.807, 2.05) is 66.4 Å². The van der Waals surface area contributed by atoms with Gasteiger partial charge in [-0.05, 0) is 42.2 Å². The number of pyridine rings is 1. The summed E-state index contributed by atoms with van der Waals surface area (Å²) in [4.78, 5) is 38.2. The van der Waals surface area contributed by atoms with E-state index in [2.05, 4.69) is 15.3 Å². The van der Waals surface area contributed by atoms with E-state index in [1.165, 1.54) is 11.3 Å². The Kier molecular flexibility index (Phi) is 5.25. The van der Waals surface area contributed by atoms with Crippen LogP contribution in [0, 0.1) is 18.8 Å². The molecular weight excluding hydrogens is 458 g/mol. The lowest BCUT2D eigenvalue weighted by Gasteiger charge is -2.27. The molecule has 0 radical (unpaired) electrons. The molecule has 3 heterocycles. The van der Waals surface area contributed by atoms with E-state index in [0.29, 0.717) is 41.4 Å². The maximum atomic E-state index is 13.7. The number of benzene rings is 2. The predicted octanol–water partition coefficient (Wildman–Crippen LogP) is 4.14. The number of amides is 2. The highest BCUT2D eigenvalue weighted by Gasteiger charge is 2.54. The predicted molar refractivity (Wildman–Crippen MR) is 137 cm³/mol. The molecule has 1 aliphatic heterocycles. The van der Waals surface area contributed by atoms with Crippen molar-refractivity contribution < 1.29 is 9.59 Å². The molecule has 1 saturated carbocycles. The van der Waals surface area contributed by atoms with Crippen LogP contribution in [-0.4, -0.2) is 45.8 Å². The van der Waals surface area contributed by atoms with Gasteiger partial charge in [-0.15, -0.1) is 0 Å². The number of aryl methyl sites for hydroxylation is 1. The lowest BCUT2D eigenvalue weighted by molar-refractivity contribution is 0.0690. The third-order valence-electron chi connectivity index (χ3n) is 7.05. The van der Waals surface area contributed by atoms with E-state index in [4.69, 9.17) is 5.73 Å². The van der Waals surface area contributed by atoms with Gasteiger partial charge in [0.1, 0.15) is 11.4 Å². The summed E-state index contributed by atoms with van der Waals surface area (Å²) in [6.45, 7) is 3.09. The Morgan fingerprint density at radius 1 is 1.14 bits per heavy atom. The van der Waals surface area contributed by atoms with Crippen LogP contribution >= 0.6 is 11.3 Å². The Bertz CT molecular complexity index is 1460. The molecule has 2 amide bonds. The quantitative estimate of drug-likeness (QED) is 0.444. The van der Waals surface area contributed by atoms with Crippen LogP contribution in [0.1, 0.15) is 33.0 Å². The molecule has 1 saturated heterocycles. The molecule has 176 valence electrons. The van der Waals surface area contributed by atoms with Gasteiger partial charge in [-0.2, -0.15) is 0 Å². The van der Waals surface area contributed by atoms with Crippen LogP contribution in [-0.2, 0) is 0 Å². The van der Waals surface area contributed by atoms with Gasteiger partial charge in [-0.1, -0.05) is 65.4 Å². The van der Waals surface area contributed by atoms with Crippen molar-refractivity contribution in [2.75, 3.05) is 18.8 Å². The summed E-state index contributed by atoms with van der Waals surface area (Å²) >= 11 is 1.33. The van der Waals surface area contributed by atoms with Gasteiger partial charge in [-0.25, -0.2) is 4.98 Å². The number of aromatic nitrogens is 2. The largest absolute Gasteiger partial charge is 0.375 e. The van der Waals surface area contributed by atoms with E-state index in [0.717, 1.165) is 33.2 Å². The Morgan fingerprint density at radius 2 is 2.00 bits per heavy atom. The number of thiazole rings is 1. The number of carbonyl (C=O) groups excluding carboxylic acids is 2. The average Bonchev–Trinajstić information content (AvgIpc) is 3.38. The van der Waals surface area contributed by atoms with Crippen LogP contribution in [0.2, 0.25) is 0 Å². The third kappa shape index (κ3) is 3.93. The molecule has 8 heteroatoms. The fourth-order valence-electron chi connectivity index (χ4n) is 5.25. The number of hydrogen-bond donors (Lipinski definition) is 2. The lowest BCUT2D eigenvalue weighted by atomic mass is 10.1. The first kappa shape index (κ1) is 21.7. The zero-order chi connectivity index (χ0) is 24.1. The standard InChI is InChI=1S/C27H25N5O2S/c1-15-5-4-7-17(11-15)24-23(31-27(28)35-24)26(34)32-14-18-12-20(18)21(32)13-30-25(33)22-19-8-3-2-6-16(19)9-10-29-22/h2-11,18,20-21H,12-14H2,1H3,(H2,28,31)(H,30,33)/t18-,20-,21-/m1/s1. The normalized spacial score (nSPS) is 20.6. The van der Waals surface area contributed by atoms with Gasteiger partial charge in [0.2, 0.25) is 0 Å². The summed E-state index contributed by atoms with van der Waals surface area (Å²) in [5, 5.41) is 5.21. The number of nitrogens with two attached hydrogens (primary N) is 1. The Labute approximate surface area is 207 Å². The molecule has 6 rings (SSSR count). The minimum absolute atomic E-state index is 0.0697. The molecule has 7 nitrogen and oxygen atoms in total. The van der Waals surface area contributed by atoms with Crippen molar-refractivity contribution in [3.8, 4) is 10.4 Å². The number of nitrogens with one attached hydrogen (secondary N) is 1. The minimum atomic E-state index is -0.225. The number of anilines is 1. The van der Waals surface area contributed by atoms with Crippen LogP contribution in [0.15, 0.2) is 60.8 Å². The zero-order valence-corrected chi connectivity index (χ0v) is 20.1. The highest BCUT2D eigenvalue weighted by Crippen LogP contribution is 2.50. The van der Waals surface area contributed by atoms with Crippen molar-refractivity contribution in [1.29, 1.82) is 0 Å². The van der Waals surface area contributed by atoms with Gasteiger partial charge in [0, 0.05) is 24.7 Å². The van der Waals surface area contributed by atoms with Crippen LogP contribution in [0.5, 0.6) is 0 Å². The summed E-state index contributed by atoms with van der Waals surface area (Å²) in [6, 6.07) is 17.5. The van der Waals surface area contributed by atoms with Crippen LogP contribution in [0.4, 0.5) is 5.13 Å². The molecule has 2 fully saturated rings.